The van der Waals surface area contributed by atoms with Crippen molar-refractivity contribution in [2.24, 2.45) is 0 Å². The Morgan fingerprint density at radius 3 is 2.63 bits per heavy atom. The predicted octanol–water partition coefficient (Wildman–Crippen LogP) is 3.35. The van der Waals surface area contributed by atoms with Crippen molar-refractivity contribution < 1.29 is 14.3 Å². The second-order valence-corrected chi connectivity index (χ2v) is 6.73. The van der Waals surface area contributed by atoms with Crippen LogP contribution in [0.1, 0.15) is 6.92 Å². The lowest BCUT2D eigenvalue weighted by atomic mass is 10.3. The van der Waals surface area contributed by atoms with Crippen LogP contribution in [0.5, 0.6) is 11.5 Å². The molecule has 0 atom stereocenters. The molecule has 0 aliphatic heterocycles. The number of aryl methyl sites for hydroxylation is 1. The Kier molecular flexibility index (Phi) is 6.59. The lowest BCUT2D eigenvalue weighted by molar-refractivity contribution is -0.118. The van der Waals surface area contributed by atoms with Crippen LogP contribution in [-0.4, -0.2) is 41.5 Å². The molecule has 0 saturated carbocycles. The van der Waals surface area contributed by atoms with Crippen LogP contribution in [0.3, 0.4) is 0 Å². The first-order chi connectivity index (χ1) is 13.2. The predicted molar refractivity (Wildman–Crippen MR) is 108 cm³/mol. The van der Waals surface area contributed by atoms with Gasteiger partial charge in [-0.2, -0.15) is 0 Å². The second-order valence-electron chi connectivity index (χ2n) is 5.79. The molecule has 3 aromatic rings. The van der Waals surface area contributed by atoms with Gasteiger partial charge in [0.05, 0.1) is 30.4 Å². The van der Waals surface area contributed by atoms with E-state index in [1.807, 2.05) is 48.5 Å². The molecule has 0 fully saturated rings. The summed E-state index contributed by atoms with van der Waals surface area (Å²) >= 11 is 1.45. The van der Waals surface area contributed by atoms with E-state index in [1.165, 1.54) is 11.8 Å². The van der Waals surface area contributed by atoms with Gasteiger partial charge in [0, 0.05) is 6.54 Å². The van der Waals surface area contributed by atoms with Gasteiger partial charge in [0.2, 0.25) is 5.91 Å². The molecule has 1 amide bonds. The first kappa shape index (κ1) is 19.1. The van der Waals surface area contributed by atoms with Gasteiger partial charge in [-0.15, -0.1) is 0 Å². The zero-order valence-electron chi connectivity index (χ0n) is 15.5. The molecule has 27 heavy (non-hydrogen) atoms. The van der Waals surface area contributed by atoms with Crippen LogP contribution in [0.4, 0.5) is 0 Å². The molecular formula is C20H23N3O3S. The molecular weight excluding hydrogens is 362 g/mol. The molecule has 0 aliphatic carbocycles. The molecule has 0 unspecified atom stereocenters. The SMILES string of the molecule is CCn1c(SCC(=O)NCCOc2ccc(OC)cc2)nc2ccccc21. The maximum Gasteiger partial charge on any atom is 0.230 e. The topological polar surface area (TPSA) is 65.4 Å². The minimum absolute atomic E-state index is 0.0342. The Morgan fingerprint density at radius 2 is 1.89 bits per heavy atom. The monoisotopic (exact) mass is 385 g/mol. The Balaban J connectivity index is 1.43. The van der Waals surface area contributed by atoms with Crippen molar-refractivity contribution in [3.8, 4) is 11.5 Å². The zero-order valence-corrected chi connectivity index (χ0v) is 16.3. The largest absolute Gasteiger partial charge is 0.497 e. The van der Waals surface area contributed by atoms with E-state index in [0.29, 0.717) is 18.9 Å². The molecule has 6 nitrogen and oxygen atoms in total. The molecule has 0 spiro atoms. The van der Waals surface area contributed by atoms with E-state index in [2.05, 4.69) is 21.8 Å². The fraction of sp³-hybridized carbons (Fsp3) is 0.300. The fourth-order valence-corrected chi connectivity index (χ4v) is 3.59. The van der Waals surface area contributed by atoms with Gasteiger partial charge in [-0.05, 0) is 43.3 Å². The maximum absolute atomic E-state index is 12.1. The van der Waals surface area contributed by atoms with Gasteiger partial charge < -0.3 is 19.4 Å². The number of hydrogen-bond donors (Lipinski definition) is 1. The highest BCUT2D eigenvalue weighted by molar-refractivity contribution is 7.99. The quantitative estimate of drug-likeness (QED) is 0.452. The number of benzene rings is 2. The summed E-state index contributed by atoms with van der Waals surface area (Å²) in [5, 5.41) is 3.73. The fourth-order valence-electron chi connectivity index (χ4n) is 2.68. The first-order valence-electron chi connectivity index (χ1n) is 8.83. The third kappa shape index (κ3) is 4.95. The molecule has 1 heterocycles. The molecule has 142 valence electrons. The molecule has 0 radical (unpaired) electrons. The highest BCUT2D eigenvalue weighted by Crippen LogP contribution is 2.23. The van der Waals surface area contributed by atoms with Gasteiger partial charge in [0.15, 0.2) is 5.16 Å². The van der Waals surface area contributed by atoms with Gasteiger partial charge in [-0.3, -0.25) is 4.79 Å². The Hall–Kier alpha value is -2.67. The average Bonchev–Trinajstić information content (AvgIpc) is 3.07. The number of imidazole rings is 1. The summed E-state index contributed by atoms with van der Waals surface area (Å²) in [7, 11) is 1.62. The van der Waals surface area contributed by atoms with Gasteiger partial charge in [0.25, 0.3) is 0 Å². The minimum atomic E-state index is -0.0342. The number of nitrogens with zero attached hydrogens (tertiary/aromatic N) is 2. The van der Waals surface area contributed by atoms with Crippen molar-refractivity contribution in [1.82, 2.24) is 14.9 Å². The van der Waals surface area contributed by atoms with Crippen LogP contribution in [0.15, 0.2) is 53.7 Å². The molecule has 1 aromatic heterocycles. The van der Waals surface area contributed by atoms with E-state index in [0.717, 1.165) is 34.2 Å². The summed E-state index contributed by atoms with van der Waals surface area (Å²) in [5.74, 6) is 1.82. The number of nitrogens with one attached hydrogen (secondary N) is 1. The number of thioether (sulfide) groups is 1. The summed E-state index contributed by atoms with van der Waals surface area (Å²) in [5.41, 5.74) is 2.05. The van der Waals surface area contributed by atoms with E-state index in [9.17, 15) is 4.79 Å². The van der Waals surface area contributed by atoms with Crippen molar-refractivity contribution in [3.63, 3.8) is 0 Å². The van der Waals surface area contributed by atoms with Crippen LogP contribution in [0.2, 0.25) is 0 Å². The van der Waals surface area contributed by atoms with Crippen molar-refractivity contribution >= 4 is 28.7 Å². The van der Waals surface area contributed by atoms with Crippen LogP contribution in [0.25, 0.3) is 11.0 Å². The molecule has 3 rings (SSSR count). The van der Waals surface area contributed by atoms with Gasteiger partial charge in [0.1, 0.15) is 18.1 Å². The molecule has 2 aromatic carbocycles. The number of methoxy groups -OCH3 is 1. The van der Waals surface area contributed by atoms with E-state index >= 15 is 0 Å². The molecule has 1 N–H and O–H groups in total. The van der Waals surface area contributed by atoms with Crippen molar-refractivity contribution in [1.29, 1.82) is 0 Å². The van der Waals surface area contributed by atoms with Crippen molar-refractivity contribution in [3.05, 3.63) is 48.5 Å². The number of rotatable bonds is 9. The first-order valence-corrected chi connectivity index (χ1v) is 9.81. The lowest BCUT2D eigenvalue weighted by Crippen LogP contribution is -2.29. The number of carbonyl (C=O) groups excluding carboxylic acids is 1. The Labute approximate surface area is 162 Å². The minimum Gasteiger partial charge on any atom is -0.497 e. The third-order valence-electron chi connectivity index (χ3n) is 4.02. The number of amides is 1. The zero-order chi connectivity index (χ0) is 19.1. The van der Waals surface area contributed by atoms with E-state index < -0.39 is 0 Å². The highest BCUT2D eigenvalue weighted by Gasteiger charge is 2.11. The summed E-state index contributed by atoms with van der Waals surface area (Å²) in [6, 6.07) is 15.4. The van der Waals surface area contributed by atoms with E-state index in [4.69, 9.17) is 9.47 Å². The summed E-state index contributed by atoms with van der Waals surface area (Å²) in [6.07, 6.45) is 0. The van der Waals surface area contributed by atoms with E-state index in [1.54, 1.807) is 7.11 Å². The number of hydrogen-bond acceptors (Lipinski definition) is 5. The van der Waals surface area contributed by atoms with E-state index in [-0.39, 0.29) is 5.91 Å². The van der Waals surface area contributed by atoms with Gasteiger partial charge in [-0.25, -0.2) is 4.98 Å². The van der Waals surface area contributed by atoms with Crippen molar-refractivity contribution in [2.45, 2.75) is 18.6 Å². The number of aromatic nitrogens is 2. The van der Waals surface area contributed by atoms with Crippen molar-refractivity contribution in [2.75, 3.05) is 26.0 Å². The number of para-hydroxylation sites is 2. The number of ether oxygens (including phenoxy) is 2. The summed E-state index contributed by atoms with van der Waals surface area (Å²) < 4.78 is 12.8. The smallest absolute Gasteiger partial charge is 0.230 e. The highest BCUT2D eigenvalue weighted by atomic mass is 32.2. The number of fused-ring (bicyclic) bond motifs is 1. The van der Waals surface area contributed by atoms with Crippen LogP contribution in [0, 0.1) is 0 Å². The molecule has 0 bridgehead atoms. The van der Waals surface area contributed by atoms with Crippen LogP contribution >= 0.6 is 11.8 Å². The molecule has 7 heteroatoms. The molecule has 0 aliphatic rings. The second kappa shape index (κ2) is 9.32. The lowest BCUT2D eigenvalue weighted by Gasteiger charge is -2.09. The van der Waals surface area contributed by atoms with Crippen LogP contribution in [-0.2, 0) is 11.3 Å². The van der Waals surface area contributed by atoms with Gasteiger partial charge >= 0.3 is 0 Å². The summed E-state index contributed by atoms with van der Waals surface area (Å²) in [4.78, 5) is 16.7. The Morgan fingerprint density at radius 1 is 1.15 bits per heavy atom. The normalized spacial score (nSPS) is 10.7. The Bertz CT molecular complexity index is 893. The van der Waals surface area contributed by atoms with Crippen LogP contribution < -0.4 is 14.8 Å². The summed E-state index contributed by atoms with van der Waals surface area (Å²) in [6.45, 7) is 3.76. The number of carbonyl (C=O) groups is 1. The molecule has 0 saturated heterocycles. The maximum atomic E-state index is 12.1. The average molecular weight is 385 g/mol. The van der Waals surface area contributed by atoms with Gasteiger partial charge in [-0.1, -0.05) is 23.9 Å². The third-order valence-corrected chi connectivity index (χ3v) is 5.00. The standard InChI is InChI=1S/C20H23N3O3S/c1-3-23-18-7-5-4-6-17(18)22-20(23)27-14-19(24)21-12-13-26-16-10-8-15(25-2)9-11-16/h4-11H,3,12-14H2,1-2H3,(H,21,24).